The second kappa shape index (κ2) is 6.23. The lowest BCUT2D eigenvalue weighted by atomic mass is 10.00. The summed E-state index contributed by atoms with van der Waals surface area (Å²) in [7, 11) is 0. The van der Waals surface area contributed by atoms with Gasteiger partial charge in [0.1, 0.15) is 5.83 Å². The van der Waals surface area contributed by atoms with Crippen LogP contribution in [0.4, 0.5) is 4.39 Å². The Morgan fingerprint density at radius 3 is 2.96 bits per heavy atom. The summed E-state index contributed by atoms with van der Waals surface area (Å²) in [6.45, 7) is 1.99. The molecule has 8 heteroatoms. The summed E-state index contributed by atoms with van der Waals surface area (Å²) in [4.78, 5) is 12.5. The number of tetrazole rings is 1. The molecule has 0 bridgehead atoms. The molecule has 4 rings (SSSR count). The fourth-order valence-electron chi connectivity index (χ4n) is 2.60. The van der Waals surface area contributed by atoms with Gasteiger partial charge in [0.05, 0.1) is 5.70 Å². The topological polar surface area (TPSA) is 85.2 Å². The van der Waals surface area contributed by atoms with Gasteiger partial charge in [-0.05, 0) is 53.5 Å². The third-order valence-electron chi connectivity index (χ3n) is 3.86. The van der Waals surface area contributed by atoms with Crippen LogP contribution >= 0.6 is 0 Å². The highest BCUT2D eigenvalue weighted by molar-refractivity contribution is 5.79. The SMILES string of the molecule is Cc1ccncc1C1=CC(n2nnc(-c3ncc[nH]3)n2)=CC(F)=CC1. The van der Waals surface area contributed by atoms with Crippen LogP contribution in [0, 0.1) is 6.92 Å². The van der Waals surface area contributed by atoms with Crippen molar-refractivity contribution in [2.24, 2.45) is 0 Å². The number of aromatic nitrogens is 7. The minimum Gasteiger partial charge on any atom is -0.342 e. The Hall–Kier alpha value is -3.42. The Kier molecular flexibility index (Phi) is 3.77. The standard InChI is InChI=1S/C17H14FN7/c1-11-4-5-19-10-15(11)12-2-3-13(18)9-14(8-12)25-23-17(22-24-25)16-20-6-7-21-16/h3-10H,2H2,1H3,(H,20,21). The Labute approximate surface area is 142 Å². The largest absolute Gasteiger partial charge is 0.342 e. The number of pyridine rings is 1. The quantitative estimate of drug-likeness (QED) is 0.795. The lowest BCUT2D eigenvalue weighted by Gasteiger charge is -2.08. The molecule has 1 aliphatic rings. The molecule has 1 aliphatic carbocycles. The molecule has 7 nitrogen and oxygen atoms in total. The normalized spacial score (nSPS) is 14.6. The molecule has 25 heavy (non-hydrogen) atoms. The van der Waals surface area contributed by atoms with Crippen LogP contribution in [0.15, 0.2) is 54.9 Å². The van der Waals surface area contributed by atoms with E-state index in [-0.39, 0.29) is 5.83 Å². The second-order valence-electron chi connectivity index (χ2n) is 5.56. The number of nitrogens with zero attached hydrogens (tertiary/aromatic N) is 6. The number of aryl methyl sites for hydroxylation is 1. The van der Waals surface area contributed by atoms with Crippen molar-refractivity contribution in [3.8, 4) is 11.6 Å². The molecule has 0 saturated carbocycles. The summed E-state index contributed by atoms with van der Waals surface area (Å²) in [6.07, 6.45) is 12.0. The van der Waals surface area contributed by atoms with E-state index in [2.05, 4.69) is 30.4 Å². The van der Waals surface area contributed by atoms with Crippen LogP contribution in [-0.4, -0.2) is 35.2 Å². The third-order valence-corrected chi connectivity index (χ3v) is 3.86. The van der Waals surface area contributed by atoms with Gasteiger partial charge in [-0.1, -0.05) is 0 Å². The van der Waals surface area contributed by atoms with E-state index < -0.39 is 0 Å². The third kappa shape index (κ3) is 3.01. The molecule has 1 N–H and O–H groups in total. The molecular formula is C17H14FN7. The van der Waals surface area contributed by atoms with Gasteiger partial charge in [-0.25, -0.2) is 9.37 Å². The molecule has 0 fully saturated rings. The van der Waals surface area contributed by atoms with Crippen LogP contribution in [0.25, 0.3) is 22.9 Å². The zero-order chi connectivity index (χ0) is 17.2. The Balaban J connectivity index is 1.76. The van der Waals surface area contributed by atoms with Crippen molar-refractivity contribution in [1.82, 2.24) is 35.2 Å². The van der Waals surface area contributed by atoms with Crippen molar-refractivity contribution in [2.45, 2.75) is 13.3 Å². The molecule has 0 atom stereocenters. The van der Waals surface area contributed by atoms with Gasteiger partial charge < -0.3 is 4.98 Å². The van der Waals surface area contributed by atoms with E-state index in [1.54, 1.807) is 24.8 Å². The van der Waals surface area contributed by atoms with Crippen LogP contribution in [0.2, 0.25) is 0 Å². The molecule has 0 unspecified atom stereocenters. The zero-order valence-electron chi connectivity index (χ0n) is 13.4. The summed E-state index contributed by atoms with van der Waals surface area (Å²) < 4.78 is 14.1. The van der Waals surface area contributed by atoms with Gasteiger partial charge in [0.25, 0.3) is 0 Å². The highest BCUT2D eigenvalue weighted by atomic mass is 19.1. The summed E-state index contributed by atoms with van der Waals surface area (Å²) in [5.41, 5.74) is 3.45. The first-order chi connectivity index (χ1) is 12.2. The maximum atomic E-state index is 14.1. The maximum Gasteiger partial charge on any atom is 0.240 e. The van der Waals surface area contributed by atoms with E-state index in [9.17, 15) is 4.39 Å². The lowest BCUT2D eigenvalue weighted by Crippen LogP contribution is -2.01. The highest BCUT2D eigenvalue weighted by Gasteiger charge is 2.14. The molecule has 0 amide bonds. The van der Waals surface area contributed by atoms with Crippen molar-refractivity contribution in [3.63, 3.8) is 0 Å². The zero-order valence-corrected chi connectivity index (χ0v) is 13.4. The monoisotopic (exact) mass is 335 g/mol. The first kappa shape index (κ1) is 15.1. The highest BCUT2D eigenvalue weighted by Crippen LogP contribution is 2.28. The van der Waals surface area contributed by atoms with E-state index in [1.165, 1.54) is 16.9 Å². The first-order valence-electron chi connectivity index (χ1n) is 7.70. The van der Waals surface area contributed by atoms with Gasteiger partial charge in [0, 0.05) is 30.9 Å². The van der Waals surface area contributed by atoms with E-state index in [0.717, 1.165) is 16.7 Å². The summed E-state index contributed by atoms with van der Waals surface area (Å²) in [5.74, 6) is 0.496. The van der Waals surface area contributed by atoms with Crippen LogP contribution in [0.3, 0.4) is 0 Å². The number of rotatable bonds is 3. The van der Waals surface area contributed by atoms with Gasteiger partial charge in [0.2, 0.25) is 5.82 Å². The smallest absolute Gasteiger partial charge is 0.240 e. The van der Waals surface area contributed by atoms with Gasteiger partial charge in [0.15, 0.2) is 5.82 Å². The van der Waals surface area contributed by atoms with Gasteiger partial charge in [-0.3, -0.25) is 4.98 Å². The Morgan fingerprint density at radius 1 is 1.24 bits per heavy atom. The van der Waals surface area contributed by atoms with Crippen molar-refractivity contribution in [2.75, 3.05) is 0 Å². The number of nitrogens with one attached hydrogen (secondary N) is 1. The number of allylic oxidation sites excluding steroid dienone is 6. The number of hydrogen-bond acceptors (Lipinski definition) is 5. The van der Waals surface area contributed by atoms with Crippen LogP contribution < -0.4 is 0 Å². The minimum absolute atomic E-state index is 0.340. The fraction of sp³-hybridized carbons (Fsp3) is 0.118. The Morgan fingerprint density at radius 2 is 2.16 bits per heavy atom. The number of hydrogen-bond donors (Lipinski definition) is 1. The fourth-order valence-corrected chi connectivity index (χ4v) is 2.60. The van der Waals surface area contributed by atoms with E-state index >= 15 is 0 Å². The summed E-state index contributed by atoms with van der Waals surface area (Å²) in [5, 5.41) is 12.3. The molecule has 3 aromatic rings. The van der Waals surface area contributed by atoms with Crippen molar-refractivity contribution in [3.05, 3.63) is 66.0 Å². The maximum absolute atomic E-state index is 14.1. The number of imidazole rings is 1. The molecule has 0 spiro atoms. The predicted molar refractivity (Wildman–Crippen MR) is 90.4 cm³/mol. The van der Waals surface area contributed by atoms with E-state index in [0.29, 0.717) is 23.8 Å². The van der Waals surface area contributed by atoms with Gasteiger partial charge in [-0.2, -0.15) is 0 Å². The van der Waals surface area contributed by atoms with Gasteiger partial charge in [-0.15, -0.1) is 15.0 Å². The first-order valence-corrected chi connectivity index (χ1v) is 7.70. The molecule has 3 heterocycles. The van der Waals surface area contributed by atoms with Gasteiger partial charge >= 0.3 is 0 Å². The lowest BCUT2D eigenvalue weighted by molar-refractivity contribution is 0.660. The number of halogens is 1. The molecular weight excluding hydrogens is 321 g/mol. The van der Waals surface area contributed by atoms with E-state index in [4.69, 9.17) is 0 Å². The summed E-state index contributed by atoms with van der Waals surface area (Å²) in [6, 6.07) is 1.92. The molecule has 0 aliphatic heterocycles. The van der Waals surface area contributed by atoms with E-state index in [1.807, 2.05) is 19.1 Å². The average molecular weight is 335 g/mol. The minimum atomic E-state index is -0.348. The number of aromatic amines is 1. The molecule has 124 valence electrons. The molecule has 0 saturated heterocycles. The molecule has 0 radical (unpaired) electrons. The van der Waals surface area contributed by atoms with Crippen molar-refractivity contribution in [1.29, 1.82) is 0 Å². The summed E-state index contributed by atoms with van der Waals surface area (Å²) >= 11 is 0. The molecule has 3 aromatic heterocycles. The van der Waals surface area contributed by atoms with Crippen molar-refractivity contribution >= 4 is 11.3 Å². The van der Waals surface area contributed by atoms with Crippen LogP contribution in [0.1, 0.15) is 17.5 Å². The number of H-pyrrole nitrogens is 1. The van der Waals surface area contributed by atoms with Crippen LogP contribution in [-0.2, 0) is 0 Å². The predicted octanol–water partition coefficient (Wildman–Crippen LogP) is 2.95. The van der Waals surface area contributed by atoms with Crippen molar-refractivity contribution < 1.29 is 4.39 Å². The van der Waals surface area contributed by atoms with Crippen LogP contribution in [0.5, 0.6) is 0 Å². The Bertz CT molecular complexity index is 996. The second-order valence-corrected chi connectivity index (χ2v) is 5.56. The average Bonchev–Trinajstić information content (AvgIpc) is 3.26. The molecule has 0 aromatic carbocycles.